The molecule has 0 N–H and O–H groups in total. The highest BCUT2D eigenvalue weighted by Crippen LogP contribution is 2.30. The topological polar surface area (TPSA) is 81.6 Å². The van der Waals surface area contributed by atoms with Crippen LogP contribution in [0.15, 0.2) is 27.1 Å². The summed E-state index contributed by atoms with van der Waals surface area (Å²) in [6.45, 7) is 7.95. The number of methoxy groups -OCH3 is 1. The summed E-state index contributed by atoms with van der Waals surface area (Å²) in [4.78, 5) is 19.1. The number of ether oxygens (including phenoxy) is 1. The number of carbonyl (C=O) groups excluding carboxylic acids is 1. The van der Waals surface area contributed by atoms with E-state index in [-0.39, 0.29) is 18.5 Å². The predicted octanol–water partition coefficient (Wildman–Crippen LogP) is 3.75. The molecule has 1 amide bonds. The lowest BCUT2D eigenvalue weighted by atomic mass is 10.1. The smallest absolute Gasteiger partial charge is 0.290 e. The minimum Gasteiger partial charge on any atom is -0.497 e. The molecule has 0 unspecified atom stereocenters. The minimum atomic E-state index is -0.205. The van der Waals surface area contributed by atoms with Crippen LogP contribution in [-0.2, 0) is 13.0 Å². The maximum atomic E-state index is 13.1. The van der Waals surface area contributed by atoms with Crippen LogP contribution in [0.2, 0.25) is 0 Å². The molecule has 0 spiro atoms. The number of nitrogens with zero attached hydrogens (tertiary/aromatic N) is 3. The van der Waals surface area contributed by atoms with Crippen LogP contribution in [0.5, 0.6) is 5.75 Å². The number of aryl methyl sites for hydroxylation is 2. The van der Waals surface area contributed by atoms with Gasteiger partial charge in [0.15, 0.2) is 11.6 Å². The highest BCUT2D eigenvalue weighted by Gasteiger charge is 2.27. The molecule has 0 aliphatic carbocycles. The van der Waals surface area contributed by atoms with Crippen LogP contribution < -0.4 is 4.74 Å². The lowest BCUT2D eigenvalue weighted by Gasteiger charge is -2.24. The van der Waals surface area contributed by atoms with Gasteiger partial charge in [0.25, 0.3) is 5.91 Å². The summed E-state index contributed by atoms with van der Waals surface area (Å²) >= 11 is 0. The number of benzene rings is 1. The van der Waals surface area contributed by atoms with Crippen LogP contribution in [0.3, 0.4) is 0 Å². The van der Waals surface area contributed by atoms with Gasteiger partial charge in [-0.15, -0.1) is 0 Å². The molecule has 1 aromatic carbocycles. The molecule has 2 heterocycles. The third kappa shape index (κ3) is 3.29. The first kappa shape index (κ1) is 18.0. The Balaban J connectivity index is 1.93. The molecule has 138 valence electrons. The van der Waals surface area contributed by atoms with E-state index in [1.54, 1.807) is 18.1 Å². The average Bonchev–Trinajstić information content (AvgIpc) is 3.22. The second kappa shape index (κ2) is 7.19. The number of fused-ring (bicyclic) bond motifs is 1. The minimum absolute atomic E-state index is 0.0541. The highest BCUT2D eigenvalue weighted by atomic mass is 16.5. The summed E-state index contributed by atoms with van der Waals surface area (Å²) < 4.78 is 16.3. The monoisotopic (exact) mass is 357 g/mol. The summed E-state index contributed by atoms with van der Waals surface area (Å²) in [6.07, 6.45) is 0.684. The van der Waals surface area contributed by atoms with Gasteiger partial charge in [-0.1, -0.05) is 12.1 Å². The van der Waals surface area contributed by atoms with E-state index in [2.05, 4.69) is 10.1 Å². The number of carbonyl (C=O) groups is 1. The highest BCUT2D eigenvalue weighted by molar-refractivity contribution is 5.99. The van der Waals surface area contributed by atoms with Crippen molar-refractivity contribution < 1.29 is 18.5 Å². The molecule has 0 fully saturated rings. The summed E-state index contributed by atoms with van der Waals surface area (Å²) in [5.74, 6) is 1.84. The van der Waals surface area contributed by atoms with Crippen LogP contribution in [0.1, 0.15) is 48.6 Å². The fraction of sp³-hybridized carbons (Fsp3) is 0.421. The maximum Gasteiger partial charge on any atom is 0.290 e. The summed E-state index contributed by atoms with van der Waals surface area (Å²) in [5, 5.41) is 4.78. The molecule has 0 atom stereocenters. The SMILES string of the molecule is CCc1noc(CN(C(=O)c2oc3cc(OC)ccc3c2C)C(C)C)n1. The summed E-state index contributed by atoms with van der Waals surface area (Å²) in [7, 11) is 1.60. The first-order valence-electron chi connectivity index (χ1n) is 8.64. The molecule has 2 aromatic heterocycles. The van der Waals surface area contributed by atoms with Crippen molar-refractivity contribution in [3.8, 4) is 5.75 Å². The van der Waals surface area contributed by atoms with Crippen molar-refractivity contribution in [2.75, 3.05) is 7.11 Å². The van der Waals surface area contributed by atoms with Gasteiger partial charge in [0.05, 0.1) is 7.11 Å². The van der Waals surface area contributed by atoms with E-state index in [4.69, 9.17) is 13.7 Å². The van der Waals surface area contributed by atoms with Crippen molar-refractivity contribution in [1.29, 1.82) is 0 Å². The van der Waals surface area contributed by atoms with E-state index in [0.717, 1.165) is 10.9 Å². The summed E-state index contributed by atoms with van der Waals surface area (Å²) in [5.41, 5.74) is 1.43. The van der Waals surface area contributed by atoms with E-state index in [0.29, 0.717) is 35.2 Å². The van der Waals surface area contributed by atoms with Crippen LogP contribution in [0.25, 0.3) is 11.0 Å². The molecule has 3 rings (SSSR count). The Hall–Kier alpha value is -2.83. The van der Waals surface area contributed by atoms with Crippen molar-refractivity contribution in [2.45, 2.75) is 46.7 Å². The van der Waals surface area contributed by atoms with E-state index in [9.17, 15) is 4.79 Å². The standard InChI is InChI=1S/C19H23N3O4/c1-6-16-20-17(26-21-16)10-22(11(2)3)19(23)18-12(4)14-8-7-13(24-5)9-15(14)25-18/h7-9,11H,6,10H2,1-5H3. The van der Waals surface area contributed by atoms with Gasteiger partial charge in [0.1, 0.15) is 17.9 Å². The van der Waals surface area contributed by atoms with Crippen molar-refractivity contribution in [1.82, 2.24) is 15.0 Å². The Kier molecular flexibility index (Phi) is 4.97. The van der Waals surface area contributed by atoms with E-state index in [1.807, 2.05) is 39.8 Å². The fourth-order valence-corrected chi connectivity index (χ4v) is 2.80. The Morgan fingerprint density at radius 2 is 2.12 bits per heavy atom. The van der Waals surface area contributed by atoms with Gasteiger partial charge in [0.2, 0.25) is 5.89 Å². The maximum absolute atomic E-state index is 13.1. The molecule has 0 saturated carbocycles. The van der Waals surface area contributed by atoms with Crippen LogP contribution in [0, 0.1) is 6.92 Å². The van der Waals surface area contributed by atoms with Crippen molar-refractivity contribution in [2.24, 2.45) is 0 Å². The molecule has 7 nitrogen and oxygen atoms in total. The van der Waals surface area contributed by atoms with E-state index in [1.165, 1.54) is 0 Å². The largest absolute Gasteiger partial charge is 0.497 e. The van der Waals surface area contributed by atoms with Gasteiger partial charge in [-0.25, -0.2) is 0 Å². The quantitative estimate of drug-likeness (QED) is 0.668. The lowest BCUT2D eigenvalue weighted by Crippen LogP contribution is -2.36. The first-order valence-corrected chi connectivity index (χ1v) is 8.64. The second-order valence-electron chi connectivity index (χ2n) is 6.40. The number of aromatic nitrogens is 2. The normalized spacial score (nSPS) is 11.3. The molecular weight excluding hydrogens is 334 g/mol. The van der Waals surface area contributed by atoms with Crippen LogP contribution in [-0.4, -0.2) is 34.1 Å². The Morgan fingerprint density at radius 1 is 1.35 bits per heavy atom. The van der Waals surface area contributed by atoms with Crippen LogP contribution >= 0.6 is 0 Å². The third-order valence-electron chi connectivity index (χ3n) is 4.36. The Labute approximate surface area is 151 Å². The van der Waals surface area contributed by atoms with Crippen LogP contribution in [0.4, 0.5) is 0 Å². The number of hydrogen-bond acceptors (Lipinski definition) is 6. The van der Waals surface area contributed by atoms with Gasteiger partial charge in [-0.3, -0.25) is 4.79 Å². The number of hydrogen-bond donors (Lipinski definition) is 0. The average molecular weight is 357 g/mol. The second-order valence-corrected chi connectivity index (χ2v) is 6.40. The molecular formula is C19H23N3O4. The zero-order valence-corrected chi connectivity index (χ0v) is 15.7. The van der Waals surface area contributed by atoms with Gasteiger partial charge < -0.3 is 18.6 Å². The molecule has 3 aromatic rings. The Morgan fingerprint density at radius 3 is 2.73 bits per heavy atom. The third-order valence-corrected chi connectivity index (χ3v) is 4.36. The number of amides is 1. The van der Waals surface area contributed by atoms with Crippen molar-refractivity contribution in [3.05, 3.63) is 41.2 Å². The van der Waals surface area contributed by atoms with E-state index >= 15 is 0 Å². The number of rotatable bonds is 6. The van der Waals surface area contributed by atoms with Gasteiger partial charge in [-0.05, 0) is 32.9 Å². The van der Waals surface area contributed by atoms with Gasteiger partial charge in [0, 0.05) is 29.5 Å². The van der Waals surface area contributed by atoms with Crippen molar-refractivity contribution in [3.63, 3.8) is 0 Å². The molecule has 0 bridgehead atoms. The van der Waals surface area contributed by atoms with Gasteiger partial charge in [-0.2, -0.15) is 4.98 Å². The first-order chi connectivity index (χ1) is 12.4. The van der Waals surface area contributed by atoms with Crippen molar-refractivity contribution >= 4 is 16.9 Å². The lowest BCUT2D eigenvalue weighted by molar-refractivity contribution is 0.0636. The fourth-order valence-electron chi connectivity index (χ4n) is 2.80. The molecule has 26 heavy (non-hydrogen) atoms. The summed E-state index contributed by atoms with van der Waals surface area (Å²) in [6, 6.07) is 5.48. The van der Waals surface area contributed by atoms with Gasteiger partial charge >= 0.3 is 0 Å². The molecule has 0 saturated heterocycles. The molecule has 0 radical (unpaired) electrons. The molecule has 7 heteroatoms. The van der Waals surface area contributed by atoms with E-state index < -0.39 is 0 Å². The molecule has 0 aliphatic heterocycles. The zero-order valence-electron chi connectivity index (χ0n) is 15.7. The number of furan rings is 1. The predicted molar refractivity (Wildman–Crippen MR) is 96.2 cm³/mol. The molecule has 0 aliphatic rings. The Bertz CT molecular complexity index is 926. The zero-order chi connectivity index (χ0) is 18.8.